The van der Waals surface area contributed by atoms with Crippen LogP contribution in [0.5, 0.6) is 5.75 Å². The van der Waals surface area contributed by atoms with E-state index in [2.05, 4.69) is 4.72 Å². The van der Waals surface area contributed by atoms with Gasteiger partial charge in [0.15, 0.2) is 0 Å². The number of carbonyl (C=O) groups is 1. The standard InChI is InChI=1S/C15H16N2O4S/c1-21-14-9-7-13(8-10-14)15(18)17-22(19,20)16-11-12-5-3-2-4-6-12/h2-10,16H,11H2,1H3,(H,17,18). The van der Waals surface area contributed by atoms with Crippen LogP contribution in [0.1, 0.15) is 15.9 Å². The van der Waals surface area contributed by atoms with E-state index in [9.17, 15) is 13.2 Å². The lowest BCUT2D eigenvalue weighted by atomic mass is 10.2. The van der Waals surface area contributed by atoms with E-state index in [0.29, 0.717) is 5.75 Å². The number of nitrogens with one attached hydrogen (secondary N) is 2. The summed E-state index contributed by atoms with van der Waals surface area (Å²) in [4.78, 5) is 11.9. The lowest BCUT2D eigenvalue weighted by Crippen LogP contribution is -2.39. The number of hydrogen-bond acceptors (Lipinski definition) is 4. The summed E-state index contributed by atoms with van der Waals surface area (Å²) in [6.45, 7) is 0.103. The maximum Gasteiger partial charge on any atom is 0.301 e. The topological polar surface area (TPSA) is 84.5 Å². The molecule has 1 amide bonds. The zero-order valence-electron chi connectivity index (χ0n) is 11.9. The Morgan fingerprint density at radius 2 is 1.68 bits per heavy atom. The first-order valence-corrected chi connectivity index (χ1v) is 7.98. The van der Waals surface area contributed by atoms with E-state index in [1.807, 2.05) is 10.8 Å². The molecule has 0 saturated heterocycles. The number of ether oxygens (including phenoxy) is 1. The molecule has 0 bridgehead atoms. The summed E-state index contributed by atoms with van der Waals surface area (Å²) in [5, 5.41) is 0. The van der Waals surface area contributed by atoms with Crippen molar-refractivity contribution in [2.75, 3.05) is 7.11 Å². The molecule has 2 rings (SSSR count). The summed E-state index contributed by atoms with van der Waals surface area (Å²) in [5.41, 5.74) is 1.02. The van der Waals surface area contributed by atoms with Crippen molar-refractivity contribution in [3.05, 3.63) is 65.7 Å². The van der Waals surface area contributed by atoms with Gasteiger partial charge in [-0.2, -0.15) is 13.1 Å². The summed E-state index contributed by atoms with van der Waals surface area (Å²) >= 11 is 0. The maximum atomic E-state index is 11.9. The zero-order chi connectivity index (χ0) is 16.0. The number of carbonyl (C=O) groups excluding carboxylic acids is 1. The molecule has 0 unspecified atom stereocenters. The SMILES string of the molecule is COc1ccc(C(=O)NS(=O)(=O)NCc2ccccc2)cc1. The van der Waals surface area contributed by atoms with E-state index in [1.54, 1.807) is 36.4 Å². The summed E-state index contributed by atoms with van der Waals surface area (Å²) in [6.07, 6.45) is 0. The number of hydrogen-bond donors (Lipinski definition) is 2. The molecule has 0 spiro atoms. The monoisotopic (exact) mass is 320 g/mol. The predicted molar refractivity (Wildman–Crippen MR) is 82.7 cm³/mol. The number of amides is 1. The van der Waals surface area contributed by atoms with Gasteiger partial charge in [0.2, 0.25) is 0 Å². The highest BCUT2D eigenvalue weighted by Gasteiger charge is 2.15. The molecule has 0 aliphatic heterocycles. The van der Waals surface area contributed by atoms with Gasteiger partial charge in [-0.3, -0.25) is 4.79 Å². The summed E-state index contributed by atoms with van der Waals surface area (Å²) < 4.78 is 32.9. The van der Waals surface area contributed by atoms with E-state index in [0.717, 1.165) is 5.56 Å². The number of benzene rings is 2. The second kappa shape index (κ2) is 7.06. The molecule has 2 aromatic rings. The molecule has 6 nitrogen and oxygen atoms in total. The molecule has 0 radical (unpaired) electrons. The van der Waals surface area contributed by atoms with Gasteiger partial charge in [0.1, 0.15) is 5.75 Å². The van der Waals surface area contributed by atoms with E-state index < -0.39 is 16.1 Å². The van der Waals surface area contributed by atoms with Crippen LogP contribution in [0.25, 0.3) is 0 Å². The lowest BCUT2D eigenvalue weighted by molar-refractivity contribution is 0.0981. The van der Waals surface area contributed by atoms with Crippen molar-refractivity contribution < 1.29 is 17.9 Å². The third-order valence-corrected chi connectivity index (χ3v) is 3.87. The normalized spacial score (nSPS) is 11.0. The average molecular weight is 320 g/mol. The van der Waals surface area contributed by atoms with Gasteiger partial charge in [-0.15, -0.1) is 0 Å². The second-order valence-electron chi connectivity index (χ2n) is 4.47. The minimum Gasteiger partial charge on any atom is -0.497 e. The molecule has 0 saturated carbocycles. The Morgan fingerprint density at radius 1 is 1.05 bits per heavy atom. The highest BCUT2D eigenvalue weighted by molar-refractivity contribution is 7.88. The fourth-order valence-corrected chi connectivity index (χ4v) is 2.52. The van der Waals surface area contributed by atoms with Crippen molar-refractivity contribution in [1.29, 1.82) is 0 Å². The average Bonchev–Trinajstić information content (AvgIpc) is 2.54. The summed E-state index contributed by atoms with van der Waals surface area (Å²) in [6, 6.07) is 15.2. The van der Waals surface area contributed by atoms with Gasteiger partial charge in [-0.25, -0.2) is 4.72 Å². The molecule has 2 N–H and O–H groups in total. The van der Waals surface area contributed by atoms with Gasteiger partial charge < -0.3 is 4.74 Å². The van der Waals surface area contributed by atoms with E-state index in [4.69, 9.17) is 4.74 Å². The molecule has 7 heteroatoms. The molecule has 2 aromatic carbocycles. The lowest BCUT2D eigenvalue weighted by Gasteiger charge is -2.09. The van der Waals surface area contributed by atoms with Crippen molar-refractivity contribution in [1.82, 2.24) is 9.44 Å². The summed E-state index contributed by atoms with van der Waals surface area (Å²) in [7, 11) is -2.42. The van der Waals surface area contributed by atoms with Crippen LogP contribution >= 0.6 is 0 Å². The van der Waals surface area contributed by atoms with Crippen molar-refractivity contribution in [2.45, 2.75) is 6.54 Å². The van der Waals surface area contributed by atoms with Crippen LogP contribution in [-0.4, -0.2) is 21.4 Å². The molecule has 22 heavy (non-hydrogen) atoms. The van der Waals surface area contributed by atoms with Crippen LogP contribution in [0, 0.1) is 0 Å². The van der Waals surface area contributed by atoms with Gasteiger partial charge in [0.05, 0.1) is 7.11 Å². The molecular weight excluding hydrogens is 304 g/mol. The molecule has 0 aromatic heterocycles. The fraction of sp³-hybridized carbons (Fsp3) is 0.133. The van der Waals surface area contributed by atoms with Gasteiger partial charge >= 0.3 is 10.2 Å². The van der Waals surface area contributed by atoms with E-state index in [1.165, 1.54) is 19.2 Å². The third kappa shape index (κ3) is 4.57. The minimum atomic E-state index is -3.92. The van der Waals surface area contributed by atoms with E-state index >= 15 is 0 Å². The predicted octanol–water partition coefficient (Wildman–Crippen LogP) is 1.46. The smallest absolute Gasteiger partial charge is 0.301 e. The fourth-order valence-electron chi connectivity index (χ4n) is 1.73. The molecule has 0 atom stereocenters. The van der Waals surface area contributed by atoms with Gasteiger partial charge in [-0.05, 0) is 29.8 Å². The molecular formula is C15H16N2O4S. The van der Waals surface area contributed by atoms with Crippen molar-refractivity contribution in [3.63, 3.8) is 0 Å². The second-order valence-corrected chi connectivity index (χ2v) is 5.97. The molecule has 0 aliphatic carbocycles. The quantitative estimate of drug-likeness (QED) is 0.844. The Hall–Kier alpha value is -2.38. The van der Waals surface area contributed by atoms with Gasteiger partial charge in [0.25, 0.3) is 5.91 Å². The zero-order valence-corrected chi connectivity index (χ0v) is 12.8. The molecule has 0 heterocycles. The first-order chi connectivity index (χ1) is 10.5. The van der Waals surface area contributed by atoms with Crippen LogP contribution in [0.4, 0.5) is 0 Å². The van der Waals surface area contributed by atoms with Crippen molar-refractivity contribution in [3.8, 4) is 5.75 Å². The number of methoxy groups -OCH3 is 1. The Labute approximate surface area is 129 Å². The van der Waals surface area contributed by atoms with Crippen LogP contribution in [0.2, 0.25) is 0 Å². The highest BCUT2D eigenvalue weighted by Crippen LogP contribution is 2.11. The van der Waals surface area contributed by atoms with Crippen LogP contribution in [0.15, 0.2) is 54.6 Å². The van der Waals surface area contributed by atoms with Gasteiger partial charge in [0, 0.05) is 12.1 Å². The minimum absolute atomic E-state index is 0.103. The van der Waals surface area contributed by atoms with Crippen LogP contribution < -0.4 is 14.2 Å². The number of rotatable bonds is 6. The van der Waals surface area contributed by atoms with Crippen LogP contribution in [0.3, 0.4) is 0 Å². The molecule has 0 fully saturated rings. The Bertz CT molecular complexity index is 728. The molecule has 116 valence electrons. The largest absolute Gasteiger partial charge is 0.497 e. The molecule has 0 aliphatic rings. The first-order valence-electron chi connectivity index (χ1n) is 6.50. The Morgan fingerprint density at radius 3 is 2.27 bits per heavy atom. The van der Waals surface area contributed by atoms with Crippen molar-refractivity contribution >= 4 is 16.1 Å². The third-order valence-electron chi connectivity index (χ3n) is 2.89. The first kappa shape index (κ1) is 16.0. The Balaban J connectivity index is 1.96. The van der Waals surface area contributed by atoms with E-state index in [-0.39, 0.29) is 12.1 Å². The van der Waals surface area contributed by atoms with Crippen LogP contribution in [-0.2, 0) is 16.8 Å². The maximum absolute atomic E-state index is 11.9. The highest BCUT2D eigenvalue weighted by atomic mass is 32.2. The van der Waals surface area contributed by atoms with Gasteiger partial charge in [-0.1, -0.05) is 30.3 Å². The van der Waals surface area contributed by atoms with Crippen molar-refractivity contribution in [2.24, 2.45) is 0 Å². The summed E-state index contributed by atoms with van der Waals surface area (Å²) in [5.74, 6) is -0.121. The Kier molecular flexibility index (Phi) is 5.13.